The van der Waals surface area contributed by atoms with Crippen LogP contribution in [-0.2, 0) is 11.2 Å². The second-order valence-electron chi connectivity index (χ2n) is 4.47. The summed E-state index contributed by atoms with van der Waals surface area (Å²) < 4.78 is 0. The molecular weight excluding hydrogens is 258 g/mol. The van der Waals surface area contributed by atoms with Crippen LogP contribution in [0.5, 0.6) is 0 Å². The summed E-state index contributed by atoms with van der Waals surface area (Å²) in [5.41, 5.74) is 0.872. The molecular formula is C14H21N3O3. The highest BCUT2D eigenvalue weighted by Crippen LogP contribution is 2.12. The number of carbonyl (C=O) groups is 2. The molecule has 1 aromatic rings. The van der Waals surface area contributed by atoms with Crippen molar-refractivity contribution >= 4 is 12.0 Å². The van der Waals surface area contributed by atoms with E-state index in [1.54, 1.807) is 14.0 Å². The Balaban J connectivity index is 3.02. The lowest BCUT2D eigenvalue weighted by Crippen LogP contribution is -2.57. The fraction of sp³-hybridized carbons (Fsp3) is 0.429. The van der Waals surface area contributed by atoms with Gasteiger partial charge in [0.05, 0.1) is 6.17 Å². The third-order valence-corrected chi connectivity index (χ3v) is 3.18. The zero-order valence-electron chi connectivity index (χ0n) is 12.0. The molecule has 1 rings (SSSR count). The van der Waals surface area contributed by atoms with E-state index in [1.165, 1.54) is 11.9 Å². The highest BCUT2D eigenvalue weighted by atomic mass is 16.4. The van der Waals surface area contributed by atoms with Crippen LogP contribution in [0.2, 0.25) is 0 Å². The summed E-state index contributed by atoms with van der Waals surface area (Å²) in [6, 6.07) is 7.91. The number of carboxylic acids is 1. The Morgan fingerprint density at radius 1 is 1.25 bits per heavy atom. The predicted molar refractivity (Wildman–Crippen MR) is 76.4 cm³/mol. The standard InChI is InChI=1S/C14H21N3O3/c1-10(15-2)17(14(20)16-3)12(13(18)19)9-11-7-5-4-6-8-11/h4-8,10,12,15H,9H2,1-3H3,(H,16,20)(H,18,19). The van der Waals surface area contributed by atoms with Gasteiger partial charge in [0, 0.05) is 13.5 Å². The van der Waals surface area contributed by atoms with Crippen LogP contribution < -0.4 is 10.6 Å². The number of carboxylic acid groups (broad SMARTS) is 1. The number of nitrogens with zero attached hydrogens (tertiary/aromatic N) is 1. The van der Waals surface area contributed by atoms with Crippen molar-refractivity contribution in [3.05, 3.63) is 35.9 Å². The number of urea groups is 1. The number of nitrogens with one attached hydrogen (secondary N) is 2. The number of amides is 2. The van der Waals surface area contributed by atoms with Gasteiger partial charge >= 0.3 is 12.0 Å². The van der Waals surface area contributed by atoms with Gasteiger partial charge in [-0.1, -0.05) is 30.3 Å². The van der Waals surface area contributed by atoms with Crippen LogP contribution in [0.4, 0.5) is 4.79 Å². The first-order chi connectivity index (χ1) is 9.51. The molecule has 2 atom stereocenters. The number of hydrogen-bond donors (Lipinski definition) is 3. The zero-order valence-corrected chi connectivity index (χ0v) is 12.0. The van der Waals surface area contributed by atoms with Crippen molar-refractivity contribution in [2.75, 3.05) is 14.1 Å². The molecule has 0 bridgehead atoms. The summed E-state index contributed by atoms with van der Waals surface area (Å²) in [5.74, 6) is -1.03. The summed E-state index contributed by atoms with van der Waals surface area (Å²) in [6.07, 6.45) is -0.130. The Hall–Kier alpha value is -2.08. The highest BCUT2D eigenvalue weighted by Gasteiger charge is 2.32. The quantitative estimate of drug-likeness (QED) is 0.675. The molecule has 0 saturated carbocycles. The van der Waals surface area contributed by atoms with Gasteiger partial charge in [-0.05, 0) is 19.5 Å². The number of carbonyl (C=O) groups excluding carboxylic acids is 1. The van der Waals surface area contributed by atoms with Crippen LogP contribution in [0.25, 0.3) is 0 Å². The fourth-order valence-electron chi connectivity index (χ4n) is 2.00. The first-order valence-corrected chi connectivity index (χ1v) is 6.45. The number of rotatable bonds is 6. The summed E-state index contributed by atoms with van der Waals surface area (Å²) in [6.45, 7) is 1.75. The van der Waals surface area contributed by atoms with Gasteiger partial charge in [0.25, 0.3) is 0 Å². The van der Waals surface area contributed by atoms with Crippen molar-refractivity contribution in [2.45, 2.75) is 25.6 Å². The molecule has 0 spiro atoms. The monoisotopic (exact) mass is 279 g/mol. The zero-order chi connectivity index (χ0) is 15.1. The van der Waals surface area contributed by atoms with E-state index < -0.39 is 18.0 Å². The molecule has 0 aliphatic rings. The van der Waals surface area contributed by atoms with Crippen LogP contribution in [0.1, 0.15) is 12.5 Å². The van der Waals surface area contributed by atoms with Gasteiger partial charge in [0.15, 0.2) is 0 Å². The molecule has 0 fully saturated rings. The molecule has 0 aliphatic heterocycles. The second-order valence-corrected chi connectivity index (χ2v) is 4.47. The maximum Gasteiger partial charge on any atom is 0.326 e. The van der Waals surface area contributed by atoms with E-state index in [9.17, 15) is 14.7 Å². The molecule has 1 aromatic carbocycles. The Morgan fingerprint density at radius 2 is 1.85 bits per heavy atom. The van der Waals surface area contributed by atoms with Gasteiger partial charge in [0.1, 0.15) is 6.04 Å². The van der Waals surface area contributed by atoms with Gasteiger partial charge in [-0.15, -0.1) is 0 Å². The van der Waals surface area contributed by atoms with Crippen LogP contribution in [0, 0.1) is 0 Å². The molecule has 2 unspecified atom stereocenters. The van der Waals surface area contributed by atoms with Crippen molar-refractivity contribution in [1.82, 2.24) is 15.5 Å². The molecule has 3 N–H and O–H groups in total. The Labute approximate surface area is 118 Å². The van der Waals surface area contributed by atoms with Crippen molar-refractivity contribution in [3.8, 4) is 0 Å². The van der Waals surface area contributed by atoms with E-state index in [2.05, 4.69) is 10.6 Å². The second kappa shape index (κ2) is 7.49. The Kier molecular flexibility index (Phi) is 5.99. The molecule has 20 heavy (non-hydrogen) atoms. The third-order valence-electron chi connectivity index (χ3n) is 3.18. The van der Waals surface area contributed by atoms with Crippen molar-refractivity contribution in [1.29, 1.82) is 0 Å². The molecule has 2 amide bonds. The minimum Gasteiger partial charge on any atom is -0.480 e. The smallest absolute Gasteiger partial charge is 0.326 e. The fourth-order valence-corrected chi connectivity index (χ4v) is 2.00. The largest absolute Gasteiger partial charge is 0.480 e. The molecule has 0 heterocycles. The lowest BCUT2D eigenvalue weighted by atomic mass is 10.0. The van der Waals surface area contributed by atoms with E-state index in [4.69, 9.17) is 0 Å². The Bertz CT molecular complexity index is 450. The third kappa shape index (κ3) is 3.96. The number of benzene rings is 1. The van der Waals surface area contributed by atoms with Gasteiger partial charge in [-0.3, -0.25) is 4.90 Å². The van der Waals surface area contributed by atoms with Gasteiger partial charge < -0.3 is 15.7 Å². The summed E-state index contributed by atoms with van der Waals surface area (Å²) in [7, 11) is 3.17. The van der Waals surface area contributed by atoms with Gasteiger partial charge in [-0.2, -0.15) is 0 Å². The van der Waals surface area contributed by atoms with E-state index >= 15 is 0 Å². The molecule has 0 saturated heterocycles. The van der Waals surface area contributed by atoms with Gasteiger partial charge in [0.2, 0.25) is 0 Å². The summed E-state index contributed by atoms with van der Waals surface area (Å²) in [5, 5.41) is 14.8. The van der Waals surface area contributed by atoms with Crippen LogP contribution >= 0.6 is 0 Å². The molecule has 6 heteroatoms. The van der Waals surface area contributed by atoms with E-state index in [0.29, 0.717) is 0 Å². The average molecular weight is 279 g/mol. The minimum absolute atomic E-state index is 0.260. The van der Waals surface area contributed by atoms with Crippen LogP contribution in [0.3, 0.4) is 0 Å². The molecule has 0 aliphatic carbocycles. The van der Waals surface area contributed by atoms with Crippen molar-refractivity contribution in [3.63, 3.8) is 0 Å². The van der Waals surface area contributed by atoms with E-state index in [1.807, 2.05) is 30.3 Å². The molecule has 110 valence electrons. The Morgan fingerprint density at radius 3 is 2.30 bits per heavy atom. The first-order valence-electron chi connectivity index (χ1n) is 6.45. The minimum atomic E-state index is -1.03. The van der Waals surface area contributed by atoms with Crippen molar-refractivity contribution in [2.24, 2.45) is 0 Å². The highest BCUT2D eigenvalue weighted by molar-refractivity contribution is 5.83. The molecule has 6 nitrogen and oxygen atoms in total. The maximum absolute atomic E-state index is 12.0. The van der Waals surface area contributed by atoms with Crippen LogP contribution in [-0.4, -0.2) is 48.3 Å². The summed E-state index contributed by atoms with van der Waals surface area (Å²) in [4.78, 5) is 24.8. The van der Waals surface area contributed by atoms with Gasteiger partial charge in [-0.25, -0.2) is 9.59 Å². The molecule has 0 aromatic heterocycles. The lowest BCUT2D eigenvalue weighted by molar-refractivity contribution is -0.143. The van der Waals surface area contributed by atoms with E-state index in [-0.39, 0.29) is 12.6 Å². The summed E-state index contributed by atoms with van der Waals surface area (Å²) >= 11 is 0. The first kappa shape index (κ1) is 16.0. The van der Waals surface area contributed by atoms with Crippen molar-refractivity contribution < 1.29 is 14.7 Å². The normalized spacial score (nSPS) is 13.3. The molecule has 0 radical (unpaired) electrons. The lowest BCUT2D eigenvalue weighted by Gasteiger charge is -2.33. The average Bonchev–Trinajstić information content (AvgIpc) is 2.46. The van der Waals surface area contributed by atoms with E-state index in [0.717, 1.165) is 5.56 Å². The predicted octanol–water partition coefficient (Wildman–Crippen LogP) is 0.889. The number of hydrogen-bond acceptors (Lipinski definition) is 3. The number of aliphatic carboxylic acids is 1. The topological polar surface area (TPSA) is 81.7 Å². The van der Waals surface area contributed by atoms with Crippen LogP contribution in [0.15, 0.2) is 30.3 Å². The maximum atomic E-state index is 12.0. The SMILES string of the molecule is CNC(=O)N(C(C)NC)C(Cc1ccccc1)C(=O)O.